The van der Waals surface area contributed by atoms with Gasteiger partial charge in [-0.1, -0.05) is 38.1 Å². The number of rotatable bonds is 6. The molecule has 0 radical (unpaired) electrons. The Balaban J connectivity index is 1.91. The standard InChI is InChI=1S/C18H31N3/c1-5-18-14-21(11-10-20(18)4)13-16-6-8-17(9-7-16)15(2)12-19-3/h6-9,15,18-19H,5,10-14H2,1-4H3. The number of nitrogens with zero attached hydrogens (tertiary/aromatic N) is 2. The molecule has 1 aliphatic rings. The first-order chi connectivity index (χ1) is 10.1. The quantitative estimate of drug-likeness (QED) is 0.868. The Bertz CT molecular complexity index is 415. The highest BCUT2D eigenvalue weighted by Crippen LogP contribution is 2.18. The summed E-state index contributed by atoms with van der Waals surface area (Å²) in [5.74, 6) is 0.581. The SMILES string of the molecule is CCC1CN(Cc2ccc(C(C)CNC)cc2)CCN1C. The number of hydrogen-bond acceptors (Lipinski definition) is 3. The van der Waals surface area contributed by atoms with Crippen LogP contribution >= 0.6 is 0 Å². The van der Waals surface area contributed by atoms with Gasteiger partial charge in [0.1, 0.15) is 0 Å². The molecule has 1 aliphatic heterocycles. The smallest absolute Gasteiger partial charge is 0.0234 e. The van der Waals surface area contributed by atoms with Crippen molar-refractivity contribution in [2.75, 3.05) is 40.3 Å². The molecule has 0 saturated carbocycles. The summed E-state index contributed by atoms with van der Waals surface area (Å²) in [5.41, 5.74) is 2.87. The molecule has 21 heavy (non-hydrogen) atoms. The third kappa shape index (κ3) is 4.53. The first-order valence-corrected chi connectivity index (χ1v) is 8.30. The van der Waals surface area contributed by atoms with Gasteiger partial charge >= 0.3 is 0 Å². The lowest BCUT2D eigenvalue weighted by Gasteiger charge is -2.39. The number of benzene rings is 1. The summed E-state index contributed by atoms with van der Waals surface area (Å²) >= 11 is 0. The Hall–Kier alpha value is -0.900. The van der Waals surface area contributed by atoms with Crippen LogP contribution in [0.1, 0.15) is 37.3 Å². The van der Waals surface area contributed by atoms with Gasteiger partial charge in [0.25, 0.3) is 0 Å². The maximum absolute atomic E-state index is 3.25. The summed E-state index contributed by atoms with van der Waals surface area (Å²) in [5, 5.41) is 3.25. The number of hydrogen-bond donors (Lipinski definition) is 1. The van der Waals surface area contributed by atoms with Crippen molar-refractivity contribution in [3.63, 3.8) is 0 Å². The summed E-state index contributed by atoms with van der Waals surface area (Å²) < 4.78 is 0. The molecule has 1 aromatic carbocycles. The Morgan fingerprint density at radius 1 is 1.24 bits per heavy atom. The van der Waals surface area contributed by atoms with Crippen LogP contribution < -0.4 is 5.32 Å². The van der Waals surface area contributed by atoms with Gasteiger partial charge in [-0.05, 0) is 37.6 Å². The van der Waals surface area contributed by atoms with Crippen molar-refractivity contribution in [3.8, 4) is 0 Å². The van der Waals surface area contributed by atoms with Gasteiger partial charge in [0.15, 0.2) is 0 Å². The van der Waals surface area contributed by atoms with E-state index in [2.05, 4.69) is 60.3 Å². The fourth-order valence-electron chi connectivity index (χ4n) is 3.23. The molecule has 1 aromatic rings. The largest absolute Gasteiger partial charge is 0.319 e. The Kier molecular flexibility index (Phi) is 6.22. The van der Waals surface area contributed by atoms with E-state index in [0.29, 0.717) is 12.0 Å². The van der Waals surface area contributed by atoms with E-state index in [9.17, 15) is 0 Å². The maximum Gasteiger partial charge on any atom is 0.0234 e. The van der Waals surface area contributed by atoms with E-state index >= 15 is 0 Å². The minimum atomic E-state index is 0.581. The highest BCUT2D eigenvalue weighted by molar-refractivity contribution is 5.25. The molecule has 2 unspecified atom stereocenters. The molecule has 118 valence electrons. The zero-order valence-electron chi connectivity index (χ0n) is 14.1. The predicted molar refractivity (Wildman–Crippen MR) is 90.8 cm³/mol. The molecule has 1 N–H and O–H groups in total. The van der Waals surface area contributed by atoms with Gasteiger partial charge < -0.3 is 10.2 Å². The third-order valence-corrected chi connectivity index (χ3v) is 4.80. The summed E-state index contributed by atoms with van der Waals surface area (Å²) in [6.45, 7) is 10.3. The predicted octanol–water partition coefficient (Wildman–Crippen LogP) is 2.54. The van der Waals surface area contributed by atoms with Crippen LogP contribution in [0.3, 0.4) is 0 Å². The topological polar surface area (TPSA) is 18.5 Å². The molecule has 3 nitrogen and oxygen atoms in total. The van der Waals surface area contributed by atoms with Gasteiger partial charge in [-0.15, -0.1) is 0 Å². The molecular formula is C18H31N3. The lowest BCUT2D eigenvalue weighted by molar-refractivity contribution is 0.0884. The second-order valence-corrected chi connectivity index (χ2v) is 6.48. The molecule has 0 aliphatic carbocycles. The first-order valence-electron chi connectivity index (χ1n) is 8.30. The molecule has 2 atom stereocenters. The van der Waals surface area contributed by atoms with Crippen LogP contribution in [0.4, 0.5) is 0 Å². The zero-order chi connectivity index (χ0) is 15.2. The van der Waals surface area contributed by atoms with Crippen LogP contribution in [0.25, 0.3) is 0 Å². The van der Waals surface area contributed by atoms with Gasteiger partial charge in [0.05, 0.1) is 0 Å². The van der Waals surface area contributed by atoms with E-state index in [1.54, 1.807) is 0 Å². The maximum atomic E-state index is 3.25. The van der Waals surface area contributed by atoms with Crippen molar-refractivity contribution in [1.29, 1.82) is 0 Å². The summed E-state index contributed by atoms with van der Waals surface area (Å²) in [6, 6.07) is 9.92. The van der Waals surface area contributed by atoms with E-state index in [1.807, 2.05) is 7.05 Å². The first kappa shape index (κ1) is 16.5. The Morgan fingerprint density at radius 2 is 1.95 bits per heavy atom. The normalized spacial score (nSPS) is 22.4. The molecule has 0 amide bonds. The van der Waals surface area contributed by atoms with Crippen LogP contribution in [0.2, 0.25) is 0 Å². The number of likely N-dealkylation sites (N-methyl/N-ethyl adjacent to an activating group) is 2. The highest BCUT2D eigenvalue weighted by Gasteiger charge is 2.22. The lowest BCUT2D eigenvalue weighted by atomic mass is 9.99. The minimum absolute atomic E-state index is 0.581. The second-order valence-electron chi connectivity index (χ2n) is 6.48. The monoisotopic (exact) mass is 289 g/mol. The molecular weight excluding hydrogens is 258 g/mol. The fraction of sp³-hybridized carbons (Fsp3) is 0.667. The average molecular weight is 289 g/mol. The average Bonchev–Trinajstić information content (AvgIpc) is 2.50. The molecule has 1 heterocycles. The van der Waals surface area contributed by atoms with E-state index < -0.39 is 0 Å². The molecule has 0 aromatic heterocycles. The van der Waals surface area contributed by atoms with Gasteiger partial charge in [0.2, 0.25) is 0 Å². The van der Waals surface area contributed by atoms with E-state index in [4.69, 9.17) is 0 Å². The van der Waals surface area contributed by atoms with E-state index in [1.165, 1.54) is 37.2 Å². The minimum Gasteiger partial charge on any atom is -0.319 e. The molecule has 1 fully saturated rings. The van der Waals surface area contributed by atoms with Crippen molar-refractivity contribution in [3.05, 3.63) is 35.4 Å². The van der Waals surface area contributed by atoms with Gasteiger partial charge in [0, 0.05) is 38.8 Å². The van der Waals surface area contributed by atoms with Crippen molar-refractivity contribution < 1.29 is 0 Å². The third-order valence-electron chi connectivity index (χ3n) is 4.80. The zero-order valence-corrected chi connectivity index (χ0v) is 14.1. The van der Waals surface area contributed by atoms with Crippen molar-refractivity contribution in [2.24, 2.45) is 0 Å². The van der Waals surface area contributed by atoms with Crippen molar-refractivity contribution in [1.82, 2.24) is 15.1 Å². The van der Waals surface area contributed by atoms with Crippen molar-refractivity contribution >= 4 is 0 Å². The van der Waals surface area contributed by atoms with Gasteiger partial charge in [-0.2, -0.15) is 0 Å². The summed E-state index contributed by atoms with van der Waals surface area (Å²) in [4.78, 5) is 5.10. The van der Waals surface area contributed by atoms with E-state index in [-0.39, 0.29) is 0 Å². The number of nitrogens with one attached hydrogen (secondary N) is 1. The van der Waals surface area contributed by atoms with Crippen LogP contribution in [-0.4, -0.2) is 56.1 Å². The van der Waals surface area contributed by atoms with Gasteiger partial charge in [-0.3, -0.25) is 4.90 Å². The molecule has 1 saturated heterocycles. The van der Waals surface area contributed by atoms with Gasteiger partial charge in [-0.25, -0.2) is 0 Å². The highest BCUT2D eigenvalue weighted by atomic mass is 15.3. The van der Waals surface area contributed by atoms with Crippen molar-refractivity contribution in [2.45, 2.75) is 38.8 Å². The van der Waals surface area contributed by atoms with Crippen LogP contribution in [0.15, 0.2) is 24.3 Å². The Morgan fingerprint density at radius 3 is 2.57 bits per heavy atom. The molecule has 0 bridgehead atoms. The molecule has 3 heteroatoms. The summed E-state index contributed by atoms with van der Waals surface area (Å²) in [6.07, 6.45) is 1.24. The molecule has 2 rings (SSSR count). The van der Waals surface area contributed by atoms with Crippen LogP contribution in [-0.2, 0) is 6.54 Å². The summed E-state index contributed by atoms with van der Waals surface area (Å²) in [7, 11) is 4.27. The van der Waals surface area contributed by atoms with Crippen LogP contribution in [0, 0.1) is 0 Å². The van der Waals surface area contributed by atoms with E-state index in [0.717, 1.165) is 13.1 Å². The second kappa shape index (κ2) is 7.92. The number of piperazine rings is 1. The lowest BCUT2D eigenvalue weighted by Crippen LogP contribution is -2.50. The fourth-order valence-corrected chi connectivity index (χ4v) is 3.23. The van der Waals surface area contributed by atoms with Crippen LogP contribution in [0.5, 0.6) is 0 Å². The molecule has 0 spiro atoms. The Labute approximate surface area is 130 Å².